The molecular weight excluding hydrogens is 214 g/mol. The molecule has 0 bridgehead atoms. The topological polar surface area (TPSA) is 51.0 Å². The first-order chi connectivity index (χ1) is 8.31. The van der Waals surface area contributed by atoms with E-state index < -0.39 is 0 Å². The van der Waals surface area contributed by atoms with Gasteiger partial charge in [0.25, 0.3) is 0 Å². The lowest BCUT2D eigenvalue weighted by atomic mass is 10.00. The first-order valence-electron chi connectivity index (χ1n) is 5.91. The van der Waals surface area contributed by atoms with Gasteiger partial charge in [-0.3, -0.25) is 0 Å². The number of aromatic nitrogens is 2. The van der Waals surface area contributed by atoms with Gasteiger partial charge in [-0.25, -0.2) is 0 Å². The van der Waals surface area contributed by atoms with Crippen molar-refractivity contribution < 1.29 is 4.42 Å². The zero-order chi connectivity index (χ0) is 11.7. The number of hydrogen-bond donors (Lipinski definition) is 1. The highest BCUT2D eigenvalue weighted by Crippen LogP contribution is 2.20. The highest BCUT2D eigenvalue weighted by Gasteiger charge is 2.20. The van der Waals surface area contributed by atoms with E-state index >= 15 is 0 Å². The molecule has 0 spiro atoms. The molecule has 4 heteroatoms. The molecule has 1 N–H and O–H groups in total. The quantitative estimate of drug-likeness (QED) is 0.872. The maximum atomic E-state index is 5.67. The summed E-state index contributed by atoms with van der Waals surface area (Å²) in [5.74, 6) is 2.01. The van der Waals surface area contributed by atoms with Crippen molar-refractivity contribution in [1.29, 1.82) is 0 Å². The third kappa shape index (κ3) is 2.22. The Morgan fingerprint density at radius 3 is 2.65 bits per heavy atom. The molecule has 0 saturated carbocycles. The van der Waals surface area contributed by atoms with Crippen LogP contribution in [0.5, 0.6) is 0 Å². The van der Waals surface area contributed by atoms with E-state index in [1.165, 1.54) is 5.56 Å². The van der Waals surface area contributed by atoms with E-state index in [0.29, 0.717) is 11.8 Å². The molecule has 0 unspecified atom stereocenters. The Labute approximate surface area is 100 Å². The minimum absolute atomic E-state index is 0.618. The molecule has 1 fully saturated rings. The molecule has 3 rings (SSSR count). The minimum Gasteiger partial charge on any atom is -0.421 e. The second-order valence-electron chi connectivity index (χ2n) is 4.60. The van der Waals surface area contributed by atoms with Gasteiger partial charge in [-0.1, -0.05) is 17.7 Å². The third-order valence-electron chi connectivity index (χ3n) is 3.09. The van der Waals surface area contributed by atoms with Crippen molar-refractivity contribution in [3.05, 3.63) is 35.7 Å². The van der Waals surface area contributed by atoms with E-state index in [1.807, 2.05) is 12.1 Å². The average Bonchev–Trinajstić information content (AvgIpc) is 2.73. The van der Waals surface area contributed by atoms with Gasteiger partial charge in [0.05, 0.1) is 0 Å². The molecule has 0 atom stereocenters. The lowest BCUT2D eigenvalue weighted by Crippen LogP contribution is -2.43. The molecule has 0 aliphatic carbocycles. The number of rotatable bonds is 3. The van der Waals surface area contributed by atoms with E-state index in [4.69, 9.17) is 4.42 Å². The number of nitrogens with zero attached hydrogens (tertiary/aromatic N) is 2. The van der Waals surface area contributed by atoms with Gasteiger partial charge in [-0.05, 0) is 38.1 Å². The normalized spacial score (nSPS) is 15.8. The Balaban J connectivity index is 1.76. The fourth-order valence-electron chi connectivity index (χ4n) is 1.89. The summed E-state index contributed by atoms with van der Waals surface area (Å²) in [4.78, 5) is 0. The zero-order valence-electron chi connectivity index (χ0n) is 9.81. The lowest BCUT2D eigenvalue weighted by molar-refractivity contribution is 0.319. The number of benzene rings is 1. The van der Waals surface area contributed by atoms with Crippen LogP contribution in [-0.4, -0.2) is 23.3 Å². The minimum atomic E-state index is 0.618. The third-order valence-corrected chi connectivity index (χ3v) is 3.09. The SMILES string of the molecule is Cc1ccc(-c2nnc(CC3CNC3)o2)cc1. The van der Waals surface area contributed by atoms with Gasteiger partial charge in [0.15, 0.2) is 0 Å². The average molecular weight is 229 g/mol. The summed E-state index contributed by atoms with van der Waals surface area (Å²) in [6, 6.07) is 8.12. The van der Waals surface area contributed by atoms with Crippen LogP contribution in [0.15, 0.2) is 28.7 Å². The predicted molar refractivity (Wildman–Crippen MR) is 64.5 cm³/mol. The van der Waals surface area contributed by atoms with Gasteiger partial charge >= 0.3 is 0 Å². The molecule has 17 heavy (non-hydrogen) atoms. The molecule has 1 aromatic carbocycles. The molecule has 1 aliphatic rings. The molecule has 0 radical (unpaired) electrons. The van der Waals surface area contributed by atoms with Crippen molar-refractivity contribution in [1.82, 2.24) is 15.5 Å². The van der Waals surface area contributed by atoms with Crippen LogP contribution in [-0.2, 0) is 6.42 Å². The second-order valence-corrected chi connectivity index (χ2v) is 4.60. The number of hydrogen-bond acceptors (Lipinski definition) is 4. The van der Waals surface area contributed by atoms with E-state index in [2.05, 4.69) is 34.6 Å². The van der Waals surface area contributed by atoms with Gasteiger partial charge < -0.3 is 9.73 Å². The maximum Gasteiger partial charge on any atom is 0.247 e. The van der Waals surface area contributed by atoms with Crippen LogP contribution in [0.1, 0.15) is 11.5 Å². The first-order valence-corrected chi connectivity index (χ1v) is 5.91. The van der Waals surface area contributed by atoms with Crippen molar-refractivity contribution in [2.45, 2.75) is 13.3 Å². The molecule has 4 nitrogen and oxygen atoms in total. The first kappa shape index (κ1) is 10.5. The van der Waals surface area contributed by atoms with Crippen LogP contribution in [0, 0.1) is 12.8 Å². The molecule has 88 valence electrons. The molecule has 1 aromatic heterocycles. The number of nitrogens with one attached hydrogen (secondary N) is 1. The van der Waals surface area contributed by atoms with Crippen LogP contribution in [0.3, 0.4) is 0 Å². The summed E-state index contributed by atoms with van der Waals surface area (Å²) in [7, 11) is 0. The fourth-order valence-corrected chi connectivity index (χ4v) is 1.89. The summed E-state index contributed by atoms with van der Waals surface area (Å²) in [5.41, 5.74) is 2.22. The van der Waals surface area contributed by atoms with E-state index in [0.717, 1.165) is 31.0 Å². The highest BCUT2D eigenvalue weighted by molar-refractivity contribution is 5.52. The van der Waals surface area contributed by atoms with Crippen LogP contribution < -0.4 is 5.32 Å². The van der Waals surface area contributed by atoms with Crippen LogP contribution in [0.2, 0.25) is 0 Å². The Morgan fingerprint density at radius 2 is 2.00 bits per heavy atom. The molecule has 0 amide bonds. The molecule has 2 heterocycles. The predicted octanol–water partition coefficient (Wildman–Crippen LogP) is 1.81. The number of aryl methyl sites for hydroxylation is 1. The smallest absolute Gasteiger partial charge is 0.247 e. The Hall–Kier alpha value is -1.68. The summed E-state index contributed by atoms with van der Waals surface area (Å²) in [6.07, 6.45) is 0.881. The molecule has 1 aliphatic heterocycles. The standard InChI is InChI=1S/C13H15N3O/c1-9-2-4-11(5-3-9)13-16-15-12(17-13)6-10-7-14-8-10/h2-5,10,14H,6-8H2,1H3. The van der Waals surface area contributed by atoms with Gasteiger partial charge in [-0.2, -0.15) is 0 Å². The largest absolute Gasteiger partial charge is 0.421 e. The highest BCUT2D eigenvalue weighted by atomic mass is 16.4. The van der Waals surface area contributed by atoms with Crippen molar-refractivity contribution >= 4 is 0 Å². The van der Waals surface area contributed by atoms with Crippen molar-refractivity contribution in [2.75, 3.05) is 13.1 Å². The molecule has 1 saturated heterocycles. The van der Waals surface area contributed by atoms with Crippen molar-refractivity contribution in [3.63, 3.8) is 0 Å². The Morgan fingerprint density at radius 1 is 1.24 bits per heavy atom. The van der Waals surface area contributed by atoms with Gasteiger partial charge in [0.2, 0.25) is 11.8 Å². The molecule has 2 aromatic rings. The van der Waals surface area contributed by atoms with E-state index in [1.54, 1.807) is 0 Å². The molecular formula is C13H15N3O. The maximum absolute atomic E-state index is 5.67. The van der Waals surface area contributed by atoms with Crippen LogP contribution in [0.25, 0.3) is 11.5 Å². The zero-order valence-corrected chi connectivity index (χ0v) is 9.81. The Kier molecular flexibility index (Phi) is 2.65. The summed E-state index contributed by atoms with van der Waals surface area (Å²) < 4.78 is 5.67. The van der Waals surface area contributed by atoms with Crippen molar-refractivity contribution in [2.24, 2.45) is 5.92 Å². The second kappa shape index (κ2) is 4.30. The van der Waals surface area contributed by atoms with Gasteiger partial charge in [0, 0.05) is 12.0 Å². The van der Waals surface area contributed by atoms with Crippen LogP contribution in [0.4, 0.5) is 0 Å². The van der Waals surface area contributed by atoms with Crippen molar-refractivity contribution in [3.8, 4) is 11.5 Å². The fraction of sp³-hybridized carbons (Fsp3) is 0.385. The summed E-state index contributed by atoms with van der Waals surface area (Å²) >= 11 is 0. The lowest BCUT2D eigenvalue weighted by Gasteiger charge is -2.25. The summed E-state index contributed by atoms with van der Waals surface area (Å²) in [6.45, 7) is 4.18. The summed E-state index contributed by atoms with van der Waals surface area (Å²) in [5, 5.41) is 11.4. The monoisotopic (exact) mass is 229 g/mol. The van der Waals surface area contributed by atoms with E-state index in [9.17, 15) is 0 Å². The van der Waals surface area contributed by atoms with E-state index in [-0.39, 0.29) is 0 Å². The Bertz CT molecular complexity index is 500. The van der Waals surface area contributed by atoms with Crippen LogP contribution >= 0.6 is 0 Å². The van der Waals surface area contributed by atoms with Gasteiger partial charge in [0.1, 0.15) is 0 Å². The van der Waals surface area contributed by atoms with Gasteiger partial charge in [-0.15, -0.1) is 10.2 Å².